The van der Waals surface area contributed by atoms with E-state index in [2.05, 4.69) is 22.8 Å². The maximum Gasteiger partial charge on any atom is 0.407 e. The molecule has 8 nitrogen and oxygen atoms in total. The first-order valence-electron chi connectivity index (χ1n) is 13.4. The minimum absolute atomic E-state index is 0.0620. The fourth-order valence-corrected chi connectivity index (χ4v) is 5.57. The normalized spacial score (nSPS) is 13.4. The first-order valence-corrected chi connectivity index (χ1v) is 14.5. The lowest BCUT2D eigenvalue weighted by molar-refractivity contribution is -0.121. The van der Waals surface area contributed by atoms with Crippen molar-refractivity contribution in [1.29, 1.82) is 0 Å². The first kappa shape index (κ1) is 29.3. The summed E-state index contributed by atoms with van der Waals surface area (Å²) in [6.45, 7) is 1.96. The first-order chi connectivity index (χ1) is 20.3. The van der Waals surface area contributed by atoms with Crippen molar-refractivity contribution in [3.63, 3.8) is 0 Å². The molecule has 2 amide bonds. The number of carbonyl (C=O) groups is 3. The van der Waals surface area contributed by atoms with Crippen molar-refractivity contribution >= 4 is 46.2 Å². The summed E-state index contributed by atoms with van der Waals surface area (Å²) in [5.74, 6) is -1.96. The summed E-state index contributed by atoms with van der Waals surface area (Å²) in [4.78, 5) is 38.4. The highest BCUT2D eigenvalue weighted by Gasteiger charge is 2.32. The van der Waals surface area contributed by atoms with Crippen molar-refractivity contribution in [2.24, 2.45) is 0 Å². The number of carboxylic acid groups (broad SMARTS) is 1. The monoisotopic (exact) mass is 676 g/mol. The minimum atomic E-state index is -1.18. The highest BCUT2D eigenvalue weighted by atomic mass is 127. The van der Waals surface area contributed by atoms with Gasteiger partial charge in [0.15, 0.2) is 0 Å². The van der Waals surface area contributed by atoms with E-state index in [4.69, 9.17) is 9.47 Å². The molecule has 3 N–H and O–H groups in total. The quantitative estimate of drug-likeness (QED) is 0.167. The van der Waals surface area contributed by atoms with E-state index < -0.39 is 30.1 Å². The van der Waals surface area contributed by atoms with Gasteiger partial charge in [-0.2, -0.15) is 0 Å². The smallest absolute Gasteiger partial charge is 0.407 e. The van der Waals surface area contributed by atoms with Gasteiger partial charge in [-0.1, -0.05) is 78.9 Å². The summed E-state index contributed by atoms with van der Waals surface area (Å²) in [5, 5.41) is 15.0. The Morgan fingerprint density at radius 3 is 2.14 bits per heavy atom. The summed E-state index contributed by atoms with van der Waals surface area (Å²) >= 11 is 2.00. The number of halogens is 1. The number of alkyl carbamates (subject to hydrolysis) is 1. The number of fused-ring (bicyclic) bond motifs is 3. The molecule has 0 saturated carbocycles. The van der Waals surface area contributed by atoms with Crippen molar-refractivity contribution in [2.45, 2.75) is 31.6 Å². The van der Waals surface area contributed by atoms with E-state index in [9.17, 15) is 19.5 Å². The van der Waals surface area contributed by atoms with Crippen LogP contribution in [0.15, 0.2) is 97.1 Å². The molecule has 1 aliphatic rings. The standard InChI is InChI=1S/C33H29IN2O6/c1-20(41-18-21-9-3-2-4-10-21)30(31(37)35-29-16-15-22(34)17-27(29)32(38)39)36-33(40)42-19-28-25-13-7-5-11-23(25)24-12-6-8-14-26(24)28/h2-17,20,28,30H,18-19H2,1H3,(H,35,37)(H,36,40)(H,38,39). The molecule has 9 heteroatoms. The Hall–Kier alpha value is -4.22. The number of benzene rings is 4. The zero-order valence-corrected chi connectivity index (χ0v) is 24.9. The van der Waals surface area contributed by atoms with Crippen LogP contribution in [-0.4, -0.2) is 41.8 Å². The molecular formula is C33H29IN2O6. The predicted molar refractivity (Wildman–Crippen MR) is 167 cm³/mol. The Morgan fingerprint density at radius 2 is 1.50 bits per heavy atom. The Labute approximate surface area is 257 Å². The van der Waals surface area contributed by atoms with Gasteiger partial charge in [0.25, 0.3) is 0 Å². The summed E-state index contributed by atoms with van der Waals surface area (Å²) in [6, 6.07) is 29.0. The third kappa shape index (κ3) is 6.63. The molecule has 4 aromatic carbocycles. The van der Waals surface area contributed by atoms with Gasteiger partial charge in [-0.05, 0) is 75.5 Å². The molecule has 2 unspecified atom stereocenters. The molecule has 0 saturated heterocycles. The van der Waals surface area contributed by atoms with Crippen molar-refractivity contribution in [3.8, 4) is 11.1 Å². The fraction of sp³-hybridized carbons (Fsp3) is 0.182. The van der Waals surface area contributed by atoms with Gasteiger partial charge in [-0.15, -0.1) is 0 Å². The molecule has 1 aliphatic carbocycles. The molecule has 2 atom stereocenters. The number of anilines is 1. The molecule has 0 aliphatic heterocycles. The molecule has 0 radical (unpaired) electrons. The summed E-state index contributed by atoms with van der Waals surface area (Å²) in [5.41, 5.74) is 5.30. The highest BCUT2D eigenvalue weighted by Crippen LogP contribution is 2.44. The highest BCUT2D eigenvalue weighted by molar-refractivity contribution is 14.1. The van der Waals surface area contributed by atoms with E-state index in [1.165, 1.54) is 12.1 Å². The van der Waals surface area contributed by atoms with Crippen LogP contribution in [-0.2, 0) is 20.9 Å². The van der Waals surface area contributed by atoms with E-state index in [1.807, 2.05) is 89.3 Å². The van der Waals surface area contributed by atoms with Gasteiger partial charge in [0.1, 0.15) is 12.6 Å². The van der Waals surface area contributed by atoms with Crippen molar-refractivity contribution in [2.75, 3.05) is 11.9 Å². The molecule has 0 spiro atoms. The molecular weight excluding hydrogens is 647 g/mol. The third-order valence-corrected chi connectivity index (χ3v) is 7.87. The van der Waals surface area contributed by atoms with E-state index in [0.29, 0.717) is 3.57 Å². The van der Waals surface area contributed by atoms with Crippen molar-refractivity contribution in [1.82, 2.24) is 5.32 Å². The largest absolute Gasteiger partial charge is 0.478 e. The molecule has 0 heterocycles. The lowest BCUT2D eigenvalue weighted by Gasteiger charge is -2.25. The maximum absolute atomic E-state index is 13.5. The SMILES string of the molecule is CC(OCc1ccccc1)C(NC(=O)OCC1c2ccccc2-c2ccccc21)C(=O)Nc1ccc(I)cc1C(=O)O. The van der Waals surface area contributed by atoms with E-state index in [1.54, 1.807) is 13.0 Å². The van der Waals surface area contributed by atoms with Crippen LogP contribution in [0.1, 0.15) is 39.9 Å². The zero-order chi connectivity index (χ0) is 29.6. The Balaban J connectivity index is 1.32. The molecule has 0 bridgehead atoms. The van der Waals surface area contributed by atoms with Crippen molar-refractivity contribution in [3.05, 3.63) is 123 Å². The third-order valence-electron chi connectivity index (χ3n) is 7.19. The van der Waals surface area contributed by atoms with E-state index in [0.717, 1.165) is 27.8 Å². The molecule has 5 rings (SSSR count). The zero-order valence-electron chi connectivity index (χ0n) is 22.8. The van der Waals surface area contributed by atoms with Crippen LogP contribution in [0.4, 0.5) is 10.5 Å². The van der Waals surface area contributed by atoms with Crippen LogP contribution in [0.25, 0.3) is 11.1 Å². The van der Waals surface area contributed by atoms with Crippen molar-refractivity contribution < 1.29 is 29.0 Å². The van der Waals surface area contributed by atoms with Crippen LogP contribution in [0.5, 0.6) is 0 Å². The van der Waals surface area contributed by atoms with Gasteiger partial charge < -0.3 is 25.2 Å². The van der Waals surface area contributed by atoms with Gasteiger partial charge in [-0.3, -0.25) is 4.79 Å². The summed E-state index contributed by atoms with van der Waals surface area (Å²) in [6.07, 6.45) is -1.56. The van der Waals surface area contributed by atoms with Crippen LogP contribution >= 0.6 is 22.6 Å². The number of carboxylic acids is 1. The van der Waals surface area contributed by atoms with Crippen LogP contribution < -0.4 is 10.6 Å². The van der Waals surface area contributed by atoms with Gasteiger partial charge in [0.2, 0.25) is 5.91 Å². The molecule has 0 aromatic heterocycles. The average Bonchev–Trinajstić information content (AvgIpc) is 3.32. The van der Waals surface area contributed by atoms with Crippen LogP contribution in [0.3, 0.4) is 0 Å². The number of nitrogens with one attached hydrogen (secondary N) is 2. The predicted octanol–water partition coefficient (Wildman–Crippen LogP) is 6.44. The lowest BCUT2D eigenvalue weighted by Crippen LogP contribution is -2.51. The molecule has 4 aromatic rings. The van der Waals surface area contributed by atoms with Gasteiger partial charge in [0.05, 0.1) is 24.0 Å². The number of hydrogen-bond acceptors (Lipinski definition) is 5. The lowest BCUT2D eigenvalue weighted by atomic mass is 9.98. The number of carbonyl (C=O) groups excluding carboxylic acids is 2. The minimum Gasteiger partial charge on any atom is -0.478 e. The van der Waals surface area contributed by atoms with Crippen LogP contribution in [0.2, 0.25) is 0 Å². The number of ether oxygens (including phenoxy) is 2. The van der Waals surface area contributed by atoms with Gasteiger partial charge in [-0.25, -0.2) is 9.59 Å². The average molecular weight is 677 g/mol. The molecule has 42 heavy (non-hydrogen) atoms. The second kappa shape index (κ2) is 13.2. The topological polar surface area (TPSA) is 114 Å². The number of hydrogen-bond donors (Lipinski definition) is 3. The second-order valence-corrected chi connectivity index (χ2v) is 11.2. The fourth-order valence-electron chi connectivity index (χ4n) is 5.07. The maximum atomic E-state index is 13.5. The second-order valence-electron chi connectivity index (χ2n) is 9.93. The van der Waals surface area contributed by atoms with E-state index in [-0.39, 0.29) is 30.4 Å². The van der Waals surface area contributed by atoms with Gasteiger partial charge in [0, 0.05) is 9.49 Å². The van der Waals surface area contributed by atoms with Gasteiger partial charge >= 0.3 is 12.1 Å². The number of rotatable bonds is 10. The summed E-state index contributed by atoms with van der Waals surface area (Å²) < 4.78 is 12.4. The Morgan fingerprint density at radius 1 is 0.881 bits per heavy atom. The Kier molecular flexibility index (Phi) is 9.19. The summed E-state index contributed by atoms with van der Waals surface area (Å²) in [7, 11) is 0. The van der Waals surface area contributed by atoms with Crippen LogP contribution in [0, 0.1) is 3.57 Å². The Bertz CT molecular complexity index is 1560. The molecule has 214 valence electrons. The molecule has 0 fully saturated rings. The number of amides is 2. The number of aromatic carboxylic acids is 1. The van der Waals surface area contributed by atoms with E-state index >= 15 is 0 Å².